The minimum atomic E-state index is -0.833. The molecule has 2 saturated heterocycles. The summed E-state index contributed by atoms with van der Waals surface area (Å²) in [6.07, 6.45) is 8.87. The Labute approximate surface area is 426 Å². The van der Waals surface area contributed by atoms with Crippen LogP contribution < -0.4 is 41.0 Å². The van der Waals surface area contributed by atoms with E-state index in [1.807, 2.05) is 42.7 Å². The maximum absolute atomic E-state index is 14.1. The highest BCUT2D eigenvalue weighted by Crippen LogP contribution is 2.35. The number of nitrogens with one attached hydrogen (secondary N) is 4. The summed E-state index contributed by atoms with van der Waals surface area (Å²) in [5, 5.41) is 12.4. The number of fused-ring (bicyclic) bond motifs is 1. The lowest BCUT2D eigenvalue weighted by atomic mass is 9.89. The third kappa shape index (κ3) is 15.8. The molecule has 0 bridgehead atoms. The first kappa shape index (κ1) is 54.9. The molecule has 2 aliphatic rings. The van der Waals surface area contributed by atoms with Gasteiger partial charge in [-0.05, 0) is 105 Å². The van der Waals surface area contributed by atoms with E-state index in [4.69, 9.17) is 31.8 Å². The molecule has 3 aromatic carbocycles. The van der Waals surface area contributed by atoms with Gasteiger partial charge in [-0.15, -0.1) is 0 Å². The Balaban J connectivity index is 1.11. The third-order valence-electron chi connectivity index (χ3n) is 13.2. The Morgan fingerprint density at radius 1 is 0.931 bits per heavy atom. The highest BCUT2D eigenvalue weighted by molar-refractivity contribution is 6.31. The fourth-order valence-corrected chi connectivity index (χ4v) is 9.35. The zero-order chi connectivity index (χ0) is 51.7. The van der Waals surface area contributed by atoms with E-state index in [0.717, 1.165) is 42.5 Å². The minimum Gasteiger partial charge on any atom is -0.493 e. The number of aromatic nitrogens is 2. The highest BCUT2D eigenvalue weighted by atomic mass is 35.5. The highest BCUT2D eigenvalue weighted by Gasteiger charge is 2.35. The number of anilines is 3. The molecule has 1 aromatic heterocycles. The molecule has 3 atom stereocenters. The number of piperidine rings is 1. The maximum Gasteiger partial charge on any atom is 0.312 e. The lowest BCUT2D eigenvalue weighted by Gasteiger charge is -2.26. The van der Waals surface area contributed by atoms with Crippen LogP contribution in [0.2, 0.25) is 5.02 Å². The molecule has 19 heteroatoms. The van der Waals surface area contributed by atoms with Crippen molar-refractivity contribution in [2.75, 3.05) is 57.1 Å². The molecule has 17 nitrogen and oxygen atoms in total. The van der Waals surface area contributed by atoms with E-state index in [1.165, 1.54) is 36.3 Å². The van der Waals surface area contributed by atoms with Gasteiger partial charge in [0.25, 0.3) is 12.1 Å². The number of nitrogens with two attached hydrogens (primary N) is 1. The minimum absolute atomic E-state index is 0.0269. The molecule has 6 rings (SSSR count). The molecule has 2 aliphatic heterocycles. The quantitative estimate of drug-likeness (QED) is 0.0225. The number of carbonyl (C=O) groups is 6. The number of carbonyl (C=O) groups excluding carboxylic acids is 6. The number of halogens is 2. The van der Waals surface area contributed by atoms with Crippen molar-refractivity contribution < 1.29 is 47.2 Å². The zero-order valence-corrected chi connectivity index (χ0v) is 42.7. The number of benzene rings is 3. The number of likely N-dealkylation sites (tertiary alicyclic amines) is 2. The van der Waals surface area contributed by atoms with Crippen LogP contribution in [0.4, 0.5) is 26.4 Å². The van der Waals surface area contributed by atoms with Crippen LogP contribution in [0.5, 0.6) is 11.5 Å². The van der Waals surface area contributed by atoms with E-state index in [-0.39, 0.29) is 78.5 Å². The van der Waals surface area contributed by atoms with Crippen molar-refractivity contribution in [3.8, 4) is 11.5 Å². The number of hydrogen-bond acceptors (Lipinski definition) is 11. The molecule has 0 saturated carbocycles. The molecule has 6 amide bonds. The number of hydrogen-bond donors (Lipinski definition) is 5. The van der Waals surface area contributed by atoms with Crippen LogP contribution >= 0.6 is 11.6 Å². The number of amides is 6. The number of Topliss-reactive ketones (excluding diaryl/α,β-unsaturated/α-hetero) is 1. The Bertz CT molecular complexity index is 2540. The van der Waals surface area contributed by atoms with Gasteiger partial charge in [-0.3, -0.25) is 28.9 Å². The number of ketones is 1. The SMILES string of the molecule is COc1cc2c(cc1OCCCN1CCCCC1)c(Nc1ccc(F)c(Cl)c1)nc[n+]2Cc1ccc(NC(=O)[C@H](CCCNC(N)=O)CC(=O)[C@@H](NC(=O)CCCCCN2C(=O)CC(C)C2=O)C(C)C)cc1. The average Bonchev–Trinajstić information content (AvgIpc) is 3.60. The molecule has 0 radical (unpaired) electrons. The molecular formula is C53H70ClFN9O8+. The van der Waals surface area contributed by atoms with Crippen LogP contribution in [0, 0.1) is 23.6 Å². The first-order chi connectivity index (χ1) is 34.6. The van der Waals surface area contributed by atoms with E-state index in [9.17, 15) is 33.2 Å². The first-order valence-electron chi connectivity index (χ1n) is 25.2. The molecule has 3 heterocycles. The Morgan fingerprint density at radius 2 is 1.68 bits per heavy atom. The van der Waals surface area contributed by atoms with Crippen LogP contribution in [-0.4, -0.2) is 103 Å². The molecule has 0 spiro atoms. The Morgan fingerprint density at radius 3 is 2.36 bits per heavy atom. The van der Waals surface area contributed by atoms with Gasteiger partial charge in [-0.2, -0.15) is 0 Å². The summed E-state index contributed by atoms with van der Waals surface area (Å²) < 4.78 is 28.2. The summed E-state index contributed by atoms with van der Waals surface area (Å²) in [6, 6.07) is 14.0. The molecule has 4 aromatic rings. The molecule has 0 aliphatic carbocycles. The Kier molecular flexibility index (Phi) is 20.5. The average molecular weight is 1020 g/mol. The van der Waals surface area contributed by atoms with Gasteiger partial charge in [-0.1, -0.05) is 57.3 Å². The molecule has 388 valence electrons. The van der Waals surface area contributed by atoms with Gasteiger partial charge in [0.05, 0.1) is 30.2 Å². The molecule has 72 heavy (non-hydrogen) atoms. The largest absolute Gasteiger partial charge is 0.493 e. The summed E-state index contributed by atoms with van der Waals surface area (Å²) in [5.41, 5.74) is 7.98. The Hall–Kier alpha value is -6.40. The second-order valence-corrected chi connectivity index (χ2v) is 19.6. The van der Waals surface area contributed by atoms with E-state index in [1.54, 1.807) is 38.6 Å². The molecule has 2 fully saturated rings. The van der Waals surface area contributed by atoms with Crippen molar-refractivity contribution in [2.45, 2.75) is 110 Å². The number of rotatable bonds is 27. The molecule has 6 N–H and O–H groups in total. The van der Waals surface area contributed by atoms with Crippen LogP contribution in [0.3, 0.4) is 0 Å². The maximum atomic E-state index is 14.1. The van der Waals surface area contributed by atoms with Gasteiger partial charge in [-0.25, -0.2) is 13.8 Å². The van der Waals surface area contributed by atoms with Gasteiger partial charge in [0.2, 0.25) is 23.6 Å². The summed E-state index contributed by atoms with van der Waals surface area (Å²) in [6.45, 7) is 9.98. The van der Waals surface area contributed by atoms with E-state index in [0.29, 0.717) is 74.1 Å². The standard InChI is InChI=1S/C53H69ClFN9O8/c1-34(2)49(61-47(66)14-7-5-10-25-64-48(67)27-35(3)52(64)69)44(65)28-37(13-11-21-57-53(56)70)51(68)60-38-17-15-36(16-18-38)32-63-33-58-50(59-39-19-20-42(55)41(54)29-39)40-30-46(45(71-4)31-43(40)63)72-26-12-24-62-22-8-6-9-23-62/h15-20,29-31,33-35,37,49H,5-14,21-28,32H2,1-4H3,(H5,56,57,60,61,66,68,70)/p+1/t35?,37-,49+/m1/s1. The topological polar surface area (TPSA) is 218 Å². The third-order valence-corrected chi connectivity index (χ3v) is 13.5. The number of imide groups is 1. The van der Waals surface area contributed by atoms with Gasteiger partial charge < -0.3 is 41.4 Å². The first-order valence-corrected chi connectivity index (χ1v) is 25.5. The summed E-state index contributed by atoms with van der Waals surface area (Å²) >= 11 is 6.13. The lowest BCUT2D eigenvalue weighted by molar-refractivity contribution is -0.665. The van der Waals surface area contributed by atoms with Crippen LogP contribution in [0.25, 0.3) is 10.9 Å². The van der Waals surface area contributed by atoms with Gasteiger partial charge in [0.15, 0.2) is 17.3 Å². The van der Waals surface area contributed by atoms with Crippen molar-refractivity contribution in [1.29, 1.82) is 0 Å². The van der Waals surface area contributed by atoms with Crippen molar-refractivity contribution in [3.05, 3.63) is 77.3 Å². The predicted molar refractivity (Wildman–Crippen MR) is 273 cm³/mol. The number of unbranched alkanes of at least 4 members (excludes halogenated alkanes) is 2. The summed E-state index contributed by atoms with van der Waals surface area (Å²) in [7, 11) is 1.60. The van der Waals surface area contributed by atoms with E-state index in [2.05, 4.69) is 26.2 Å². The second kappa shape index (κ2) is 26.9. The summed E-state index contributed by atoms with van der Waals surface area (Å²) in [4.78, 5) is 85.1. The van der Waals surface area contributed by atoms with Crippen molar-refractivity contribution in [3.63, 3.8) is 0 Å². The van der Waals surface area contributed by atoms with Gasteiger partial charge in [0, 0.05) is 74.2 Å². The van der Waals surface area contributed by atoms with Crippen LogP contribution in [0.1, 0.15) is 103 Å². The van der Waals surface area contributed by atoms with Crippen molar-refractivity contribution >= 4 is 75.1 Å². The predicted octanol–water partition coefficient (Wildman–Crippen LogP) is 7.43. The number of ether oxygens (including phenoxy) is 2. The van der Waals surface area contributed by atoms with E-state index >= 15 is 0 Å². The van der Waals surface area contributed by atoms with E-state index < -0.39 is 23.8 Å². The normalized spacial score (nSPS) is 15.9. The molecular weight excluding hydrogens is 945 g/mol. The number of urea groups is 1. The number of methoxy groups -OCH3 is 1. The number of nitrogens with zero attached hydrogens (tertiary/aromatic N) is 4. The monoisotopic (exact) mass is 1010 g/mol. The lowest BCUT2D eigenvalue weighted by Crippen LogP contribution is -2.45. The number of primary amides is 1. The van der Waals surface area contributed by atoms with Crippen LogP contribution in [0.15, 0.2) is 60.9 Å². The fraction of sp³-hybridized carbons (Fsp3) is 0.509. The van der Waals surface area contributed by atoms with Crippen molar-refractivity contribution in [1.82, 2.24) is 25.4 Å². The molecule has 1 unspecified atom stereocenters. The van der Waals surface area contributed by atoms with Crippen molar-refractivity contribution in [2.24, 2.45) is 23.5 Å². The smallest absolute Gasteiger partial charge is 0.312 e. The fourth-order valence-electron chi connectivity index (χ4n) is 9.17. The van der Waals surface area contributed by atoms with Gasteiger partial charge >= 0.3 is 6.03 Å². The van der Waals surface area contributed by atoms with Crippen LogP contribution in [-0.2, 0) is 30.5 Å². The zero-order valence-electron chi connectivity index (χ0n) is 41.9. The van der Waals surface area contributed by atoms with Gasteiger partial charge in [0.1, 0.15) is 17.9 Å². The summed E-state index contributed by atoms with van der Waals surface area (Å²) in [5.74, 6) is -1.58. The second-order valence-electron chi connectivity index (χ2n) is 19.2.